The van der Waals surface area contributed by atoms with Gasteiger partial charge in [-0.25, -0.2) is 4.98 Å². The lowest BCUT2D eigenvalue weighted by molar-refractivity contribution is -0.132. The predicted molar refractivity (Wildman–Crippen MR) is 91.2 cm³/mol. The number of carbonyl (C=O) groups excluding carboxylic acids is 1. The lowest BCUT2D eigenvalue weighted by atomic mass is 9.71. The average molecular weight is 318 g/mol. The quantitative estimate of drug-likeness (QED) is 0.759. The van der Waals surface area contributed by atoms with Gasteiger partial charge in [-0.3, -0.25) is 4.79 Å². The number of amides is 1. The number of fused-ring (bicyclic) bond motifs is 2. The molecule has 5 nitrogen and oxygen atoms in total. The van der Waals surface area contributed by atoms with Crippen molar-refractivity contribution in [3.63, 3.8) is 0 Å². The van der Waals surface area contributed by atoms with E-state index in [1.807, 2.05) is 12.4 Å². The second-order valence-corrected chi connectivity index (χ2v) is 7.45. The van der Waals surface area contributed by atoms with Gasteiger partial charge >= 0.3 is 0 Å². The molecule has 2 saturated heterocycles. The van der Waals surface area contributed by atoms with Crippen molar-refractivity contribution in [1.29, 1.82) is 0 Å². The number of nitrogens with zero attached hydrogens (tertiary/aromatic N) is 2. The number of nitrogens with one attached hydrogen (secondary N) is 2. The van der Waals surface area contributed by atoms with Crippen molar-refractivity contribution >= 4 is 5.91 Å². The minimum atomic E-state index is -0.166. The van der Waals surface area contributed by atoms with Crippen LogP contribution in [0.4, 0.5) is 0 Å². The summed E-state index contributed by atoms with van der Waals surface area (Å²) < 4.78 is 2.20. The Morgan fingerprint density at radius 1 is 1.52 bits per heavy atom. The largest absolute Gasteiger partial charge is 0.356 e. The molecule has 2 bridgehead atoms. The molecule has 1 aromatic rings. The Labute approximate surface area is 139 Å². The van der Waals surface area contributed by atoms with Gasteiger partial charge in [-0.05, 0) is 32.1 Å². The van der Waals surface area contributed by atoms with Gasteiger partial charge in [0.05, 0.1) is 5.41 Å². The molecule has 2 fully saturated rings. The fourth-order valence-electron chi connectivity index (χ4n) is 4.44. The van der Waals surface area contributed by atoms with Crippen LogP contribution in [-0.4, -0.2) is 34.1 Å². The SMILES string of the molecule is CC[C@@]1(C(=O)NCCCn2ccnc2C(C)C)C[C@@H]2CC[C@H]1N2. The zero-order valence-corrected chi connectivity index (χ0v) is 14.6. The van der Waals surface area contributed by atoms with Gasteiger partial charge in [0, 0.05) is 43.5 Å². The Bertz CT molecular complexity index is 553. The fourth-order valence-corrected chi connectivity index (χ4v) is 4.44. The number of aryl methyl sites for hydroxylation is 1. The molecule has 23 heavy (non-hydrogen) atoms. The highest BCUT2D eigenvalue weighted by molar-refractivity contribution is 5.84. The van der Waals surface area contributed by atoms with Crippen LogP contribution in [0.25, 0.3) is 0 Å². The van der Waals surface area contributed by atoms with Gasteiger partial charge in [0.2, 0.25) is 5.91 Å². The molecule has 5 heteroatoms. The van der Waals surface area contributed by atoms with E-state index in [1.165, 1.54) is 6.42 Å². The third kappa shape index (κ3) is 3.03. The molecule has 0 spiro atoms. The maximum atomic E-state index is 12.8. The minimum absolute atomic E-state index is 0.166. The predicted octanol–water partition coefficient (Wildman–Crippen LogP) is 2.43. The van der Waals surface area contributed by atoms with E-state index < -0.39 is 0 Å². The first-order valence-electron chi connectivity index (χ1n) is 9.12. The van der Waals surface area contributed by atoms with Crippen molar-refractivity contribution in [2.45, 2.75) is 77.4 Å². The smallest absolute Gasteiger partial charge is 0.227 e. The molecule has 2 aliphatic heterocycles. The van der Waals surface area contributed by atoms with E-state index in [1.54, 1.807) is 0 Å². The molecule has 1 aromatic heterocycles. The molecule has 128 valence electrons. The van der Waals surface area contributed by atoms with E-state index in [-0.39, 0.29) is 11.3 Å². The maximum absolute atomic E-state index is 12.8. The van der Waals surface area contributed by atoms with Crippen LogP contribution in [0.5, 0.6) is 0 Å². The molecule has 3 heterocycles. The van der Waals surface area contributed by atoms with Crippen LogP contribution >= 0.6 is 0 Å². The van der Waals surface area contributed by atoms with Crippen LogP contribution in [0.2, 0.25) is 0 Å². The zero-order chi connectivity index (χ0) is 16.4. The number of aromatic nitrogens is 2. The van der Waals surface area contributed by atoms with E-state index >= 15 is 0 Å². The fraction of sp³-hybridized carbons (Fsp3) is 0.778. The molecule has 1 amide bonds. The van der Waals surface area contributed by atoms with Gasteiger partial charge in [-0.2, -0.15) is 0 Å². The van der Waals surface area contributed by atoms with Gasteiger partial charge in [0.15, 0.2) is 0 Å². The first-order chi connectivity index (χ1) is 11.1. The van der Waals surface area contributed by atoms with Gasteiger partial charge in [-0.1, -0.05) is 20.8 Å². The summed E-state index contributed by atoms with van der Waals surface area (Å²) in [5, 5.41) is 6.81. The molecule has 0 unspecified atom stereocenters. The summed E-state index contributed by atoms with van der Waals surface area (Å²) >= 11 is 0. The lowest BCUT2D eigenvalue weighted by Gasteiger charge is -2.34. The second kappa shape index (κ2) is 6.63. The highest BCUT2D eigenvalue weighted by Gasteiger charge is 2.54. The number of carbonyl (C=O) groups is 1. The van der Waals surface area contributed by atoms with E-state index in [2.05, 4.69) is 41.0 Å². The van der Waals surface area contributed by atoms with Crippen LogP contribution in [-0.2, 0) is 11.3 Å². The van der Waals surface area contributed by atoms with Crippen molar-refractivity contribution in [2.24, 2.45) is 5.41 Å². The van der Waals surface area contributed by atoms with Crippen molar-refractivity contribution in [3.05, 3.63) is 18.2 Å². The Hall–Kier alpha value is -1.36. The zero-order valence-electron chi connectivity index (χ0n) is 14.6. The monoisotopic (exact) mass is 318 g/mol. The van der Waals surface area contributed by atoms with Crippen molar-refractivity contribution in [3.8, 4) is 0 Å². The van der Waals surface area contributed by atoms with Gasteiger partial charge < -0.3 is 15.2 Å². The second-order valence-electron chi connectivity index (χ2n) is 7.45. The number of hydrogen-bond acceptors (Lipinski definition) is 3. The Morgan fingerprint density at radius 3 is 2.96 bits per heavy atom. The summed E-state index contributed by atoms with van der Waals surface area (Å²) in [7, 11) is 0. The van der Waals surface area contributed by atoms with Crippen molar-refractivity contribution < 1.29 is 4.79 Å². The minimum Gasteiger partial charge on any atom is -0.356 e. The Kier molecular flexibility index (Phi) is 4.76. The van der Waals surface area contributed by atoms with Gasteiger partial charge in [0.25, 0.3) is 0 Å². The Morgan fingerprint density at radius 2 is 2.35 bits per heavy atom. The first kappa shape index (κ1) is 16.5. The van der Waals surface area contributed by atoms with E-state index in [0.29, 0.717) is 18.0 Å². The van der Waals surface area contributed by atoms with Crippen molar-refractivity contribution in [2.75, 3.05) is 6.54 Å². The topological polar surface area (TPSA) is 59.0 Å². The van der Waals surface area contributed by atoms with Crippen LogP contribution < -0.4 is 10.6 Å². The molecule has 0 aliphatic carbocycles. The van der Waals surface area contributed by atoms with Crippen molar-refractivity contribution in [1.82, 2.24) is 20.2 Å². The number of hydrogen-bond donors (Lipinski definition) is 2. The maximum Gasteiger partial charge on any atom is 0.227 e. The molecule has 0 saturated carbocycles. The van der Waals surface area contributed by atoms with Crippen LogP contribution in [0.15, 0.2) is 12.4 Å². The average Bonchev–Trinajstić information content (AvgIpc) is 3.25. The summed E-state index contributed by atoms with van der Waals surface area (Å²) in [6.45, 7) is 8.13. The number of rotatable bonds is 7. The summed E-state index contributed by atoms with van der Waals surface area (Å²) in [5.74, 6) is 1.82. The molecule has 3 rings (SSSR count). The van der Waals surface area contributed by atoms with Crippen LogP contribution in [0.1, 0.15) is 64.6 Å². The Balaban J connectivity index is 1.49. The molecular weight excluding hydrogens is 288 g/mol. The lowest BCUT2D eigenvalue weighted by Crippen LogP contribution is -2.48. The summed E-state index contributed by atoms with van der Waals surface area (Å²) in [6, 6.07) is 0.948. The van der Waals surface area contributed by atoms with E-state index in [4.69, 9.17) is 0 Å². The summed E-state index contributed by atoms with van der Waals surface area (Å²) in [6.07, 6.45) is 9.18. The molecular formula is C18H30N4O. The highest BCUT2D eigenvalue weighted by atomic mass is 16.2. The molecule has 0 aromatic carbocycles. The summed E-state index contributed by atoms with van der Waals surface area (Å²) in [4.78, 5) is 17.2. The van der Waals surface area contributed by atoms with Gasteiger partial charge in [0.1, 0.15) is 5.82 Å². The standard InChI is InChI=1S/C18H30N4O/c1-4-18(12-14-6-7-15(18)21-14)17(23)20-8-5-10-22-11-9-19-16(22)13(2)3/h9,11,13-15,21H,4-8,10,12H2,1-3H3,(H,20,23)/t14-,15+,18+/m0/s1. The molecule has 3 atom stereocenters. The third-order valence-corrected chi connectivity index (χ3v) is 5.73. The third-order valence-electron chi connectivity index (χ3n) is 5.73. The molecule has 2 N–H and O–H groups in total. The van der Waals surface area contributed by atoms with E-state index in [0.717, 1.165) is 44.6 Å². The van der Waals surface area contributed by atoms with Gasteiger partial charge in [-0.15, -0.1) is 0 Å². The molecule has 2 aliphatic rings. The molecule has 0 radical (unpaired) electrons. The van der Waals surface area contributed by atoms with Crippen LogP contribution in [0.3, 0.4) is 0 Å². The van der Waals surface area contributed by atoms with E-state index in [9.17, 15) is 4.79 Å². The normalized spacial score (nSPS) is 29.4. The highest BCUT2D eigenvalue weighted by Crippen LogP contribution is 2.45. The number of imidazole rings is 1. The first-order valence-corrected chi connectivity index (χ1v) is 9.12. The summed E-state index contributed by atoms with van der Waals surface area (Å²) in [5.41, 5.74) is -0.166. The van der Waals surface area contributed by atoms with Crippen LogP contribution in [0, 0.1) is 5.41 Å².